The van der Waals surface area contributed by atoms with Crippen LogP contribution in [0.5, 0.6) is 5.75 Å². The van der Waals surface area contributed by atoms with Gasteiger partial charge in [0, 0.05) is 6.42 Å². The van der Waals surface area contributed by atoms with Gasteiger partial charge >= 0.3 is 5.97 Å². The highest BCUT2D eigenvalue weighted by molar-refractivity contribution is 8.04. The normalized spacial score (nSPS) is 11.1. The Bertz CT molecular complexity index is 762. The lowest BCUT2D eigenvalue weighted by molar-refractivity contribution is -0.131. The number of carboxylic acid groups (broad SMARTS) is 1. The Morgan fingerprint density at radius 3 is 2.83 bits per heavy atom. The number of ether oxygens (including phenoxy) is 1. The number of thioether (sulfide) groups is 1. The van der Waals surface area contributed by atoms with Crippen molar-refractivity contribution in [2.24, 2.45) is 0 Å². The third-order valence-electron chi connectivity index (χ3n) is 2.89. The molecule has 2 rings (SSSR count). The fraction of sp³-hybridized carbons (Fsp3) is 0.250. The van der Waals surface area contributed by atoms with E-state index < -0.39 is 5.97 Å². The minimum Gasteiger partial charge on any atom is -0.479 e. The molecule has 124 valence electrons. The van der Waals surface area contributed by atoms with Crippen LogP contribution in [0.1, 0.15) is 24.7 Å². The molecule has 0 spiro atoms. The molecule has 0 atom stereocenters. The Hall–Kier alpha value is -2.79. The molecule has 2 N–H and O–H groups in total. The van der Waals surface area contributed by atoms with Crippen molar-refractivity contribution in [2.45, 2.75) is 24.9 Å². The average Bonchev–Trinajstić information content (AvgIpc) is 3.01. The zero-order chi connectivity index (χ0) is 17.4. The van der Waals surface area contributed by atoms with Crippen LogP contribution in [0.3, 0.4) is 0 Å². The summed E-state index contributed by atoms with van der Waals surface area (Å²) in [6.07, 6.45) is 3.24. The van der Waals surface area contributed by atoms with Gasteiger partial charge in [-0.05, 0) is 42.0 Å². The van der Waals surface area contributed by atoms with Crippen LogP contribution in [-0.4, -0.2) is 32.9 Å². The molecule has 0 unspecified atom stereocenters. The zero-order valence-electron chi connectivity index (χ0n) is 13.0. The Balaban J connectivity index is 2.12. The predicted molar refractivity (Wildman–Crippen MR) is 89.4 cm³/mol. The second-order valence-corrected chi connectivity index (χ2v) is 5.76. The monoisotopic (exact) mass is 344 g/mol. The standard InChI is InChI=1S/C16H16N4O3S/c1-2-3-14-18-16(20-19-14)24-13(15(21)22)10-11-4-6-12(7-5-11)23-9-8-17/h4-7,10H,2-3,9H2,1H3,(H,21,22)(H,18,19,20)/b13-10-. The topological polar surface area (TPSA) is 112 Å². The van der Waals surface area contributed by atoms with Crippen LogP contribution >= 0.6 is 11.8 Å². The molecule has 0 aliphatic carbocycles. The number of H-pyrrole nitrogens is 1. The maximum atomic E-state index is 11.4. The number of aromatic amines is 1. The smallest absolute Gasteiger partial charge is 0.342 e. The number of carboxylic acids is 1. The molecule has 1 heterocycles. The van der Waals surface area contributed by atoms with E-state index in [1.54, 1.807) is 24.3 Å². The molecule has 0 fully saturated rings. The summed E-state index contributed by atoms with van der Waals surface area (Å²) in [6, 6.07) is 8.68. The maximum absolute atomic E-state index is 11.4. The van der Waals surface area contributed by atoms with E-state index in [2.05, 4.69) is 15.2 Å². The highest BCUT2D eigenvalue weighted by Crippen LogP contribution is 2.26. The Morgan fingerprint density at radius 2 is 2.21 bits per heavy atom. The van der Waals surface area contributed by atoms with E-state index in [9.17, 15) is 9.90 Å². The summed E-state index contributed by atoms with van der Waals surface area (Å²) in [7, 11) is 0. The summed E-state index contributed by atoms with van der Waals surface area (Å²) in [4.78, 5) is 15.8. The summed E-state index contributed by atoms with van der Waals surface area (Å²) >= 11 is 0.990. The molecule has 0 aliphatic rings. The van der Waals surface area contributed by atoms with Crippen molar-refractivity contribution in [1.29, 1.82) is 5.26 Å². The van der Waals surface area contributed by atoms with Crippen molar-refractivity contribution in [3.63, 3.8) is 0 Å². The number of nitriles is 1. The van der Waals surface area contributed by atoms with Crippen LogP contribution in [0.15, 0.2) is 34.3 Å². The maximum Gasteiger partial charge on any atom is 0.342 e. The van der Waals surface area contributed by atoms with Gasteiger partial charge in [-0.3, -0.25) is 5.10 Å². The summed E-state index contributed by atoms with van der Waals surface area (Å²) in [5.74, 6) is 0.242. The molecule has 0 radical (unpaired) electrons. The molecule has 1 aromatic heterocycles. The minimum absolute atomic E-state index is 0.0314. The number of aromatic nitrogens is 3. The predicted octanol–water partition coefficient (Wildman–Crippen LogP) is 2.88. The molecule has 0 saturated carbocycles. The Kier molecular flexibility index (Phi) is 6.40. The molecule has 24 heavy (non-hydrogen) atoms. The first-order valence-electron chi connectivity index (χ1n) is 7.26. The van der Waals surface area contributed by atoms with Crippen LogP contribution in [0, 0.1) is 11.3 Å². The molecule has 0 amide bonds. The van der Waals surface area contributed by atoms with E-state index in [4.69, 9.17) is 10.00 Å². The number of hydrogen-bond donors (Lipinski definition) is 2. The van der Waals surface area contributed by atoms with Crippen molar-refractivity contribution in [3.8, 4) is 11.8 Å². The van der Waals surface area contributed by atoms with Crippen LogP contribution in [0.2, 0.25) is 0 Å². The van der Waals surface area contributed by atoms with Gasteiger partial charge < -0.3 is 9.84 Å². The number of aliphatic carboxylic acids is 1. The lowest BCUT2D eigenvalue weighted by Crippen LogP contribution is -1.97. The summed E-state index contributed by atoms with van der Waals surface area (Å²) < 4.78 is 5.16. The van der Waals surface area contributed by atoms with Crippen molar-refractivity contribution in [3.05, 3.63) is 40.6 Å². The quantitative estimate of drug-likeness (QED) is 0.559. The van der Waals surface area contributed by atoms with Crippen molar-refractivity contribution in [1.82, 2.24) is 15.2 Å². The van der Waals surface area contributed by atoms with Gasteiger partial charge in [-0.2, -0.15) is 5.26 Å². The number of rotatable bonds is 8. The van der Waals surface area contributed by atoms with E-state index in [0.29, 0.717) is 16.5 Å². The minimum atomic E-state index is -1.05. The number of nitrogens with zero attached hydrogens (tertiary/aromatic N) is 3. The molecular weight excluding hydrogens is 328 g/mol. The molecular formula is C16H16N4O3S. The van der Waals surface area contributed by atoms with Gasteiger partial charge in [-0.1, -0.05) is 19.1 Å². The third kappa shape index (κ3) is 5.14. The second-order valence-electron chi connectivity index (χ2n) is 4.75. The third-order valence-corrected chi connectivity index (χ3v) is 3.77. The van der Waals surface area contributed by atoms with E-state index in [-0.39, 0.29) is 11.5 Å². The summed E-state index contributed by atoms with van der Waals surface area (Å²) in [5, 5.41) is 25.0. The van der Waals surface area contributed by atoms with Crippen LogP contribution < -0.4 is 4.74 Å². The molecule has 0 bridgehead atoms. The molecule has 0 aliphatic heterocycles. The molecule has 8 heteroatoms. The Labute approximate surface area is 143 Å². The first-order chi connectivity index (χ1) is 11.6. The highest BCUT2D eigenvalue weighted by Gasteiger charge is 2.13. The van der Waals surface area contributed by atoms with Gasteiger partial charge in [-0.15, -0.1) is 5.10 Å². The number of nitrogens with one attached hydrogen (secondary N) is 1. The average molecular weight is 344 g/mol. The van der Waals surface area contributed by atoms with E-state index in [1.807, 2.05) is 13.0 Å². The van der Waals surface area contributed by atoms with E-state index in [1.165, 1.54) is 6.08 Å². The fourth-order valence-electron chi connectivity index (χ4n) is 1.83. The Morgan fingerprint density at radius 1 is 1.46 bits per heavy atom. The number of benzene rings is 1. The van der Waals surface area contributed by atoms with Gasteiger partial charge in [0.25, 0.3) is 0 Å². The van der Waals surface area contributed by atoms with Gasteiger partial charge in [0.15, 0.2) is 6.61 Å². The number of hydrogen-bond acceptors (Lipinski definition) is 6. The van der Waals surface area contributed by atoms with Crippen molar-refractivity contribution < 1.29 is 14.6 Å². The van der Waals surface area contributed by atoms with E-state index in [0.717, 1.165) is 30.4 Å². The van der Waals surface area contributed by atoms with Gasteiger partial charge in [-0.25, -0.2) is 9.78 Å². The number of carbonyl (C=O) groups is 1. The van der Waals surface area contributed by atoms with E-state index >= 15 is 0 Å². The summed E-state index contributed by atoms with van der Waals surface area (Å²) in [5.41, 5.74) is 0.702. The SMILES string of the molecule is CCCc1nc(S/C(=C\c2ccc(OCC#N)cc2)C(=O)O)n[nH]1. The molecule has 7 nitrogen and oxygen atoms in total. The largest absolute Gasteiger partial charge is 0.479 e. The highest BCUT2D eigenvalue weighted by atomic mass is 32.2. The first-order valence-corrected chi connectivity index (χ1v) is 8.08. The molecule has 1 aromatic carbocycles. The molecule has 2 aromatic rings. The first kappa shape index (κ1) is 17.6. The van der Waals surface area contributed by atoms with Gasteiger partial charge in [0.1, 0.15) is 22.5 Å². The summed E-state index contributed by atoms with van der Waals surface area (Å²) in [6.45, 7) is 2.00. The van der Waals surface area contributed by atoms with Crippen LogP contribution in [0.4, 0.5) is 0 Å². The lowest BCUT2D eigenvalue weighted by atomic mass is 10.2. The fourth-order valence-corrected chi connectivity index (χ4v) is 2.56. The number of aryl methyl sites for hydroxylation is 1. The molecule has 0 saturated heterocycles. The zero-order valence-corrected chi connectivity index (χ0v) is 13.8. The van der Waals surface area contributed by atoms with Crippen LogP contribution in [0.25, 0.3) is 6.08 Å². The second kappa shape index (κ2) is 8.74. The van der Waals surface area contributed by atoms with Crippen molar-refractivity contribution >= 4 is 23.8 Å². The van der Waals surface area contributed by atoms with Crippen LogP contribution in [-0.2, 0) is 11.2 Å². The van der Waals surface area contributed by atoms with Crippen molar-refractivity contribution in [2.75, 3.05) is 6.61 Å². The lowest BCUT2D eigenvalue weighted by Gasteiger charge is -2.02. The van der Waals surface area contributed by atoms with Gasteiger partial charge in [0.2, 0.25) is 5.16 Å². The van der Waals surface area contributed by atoms with Gasteiger partial charge in [0.05, 0.1) is 0 Å².